The maximum atomic E-state index is 12.8. The van der Waals surface area contributed by atoms with Gasteiger partial charge in [0.25, 0.3) is 0 Å². The molecule has 0 radical (unpaired) electrons. The second-order valence-electron chi connectivity index (χ2n) is 14.1. The molecule has 0 heterocycles. The summed E-state index contributed by atoms with van der Waals surface area (Å²) in [5.41, 5.74) is 3.77. The van der Waals surface area contributed by atoms with Crippen LogP contribution in [0.3, 0.4) is 0 Å². The molecule has 0 spiro atoms. The molecule has 3 rings (SSSR count). The lowest BCUT2D eigenvalue weighted by Gasteiger charge is -2.14. The maximum Gasteiger partial charge on any atom is 0.343 e. The summed E-state index contributed by atoms with van der Waals surface area (Å²) in [5.74, 6) is 1.08. The van der Waals surface area contributed by atoms with Gasteiger partial charge in [-0.05, 0) is 72.9 Å². The number of carbonyl (C=O) groups is 1. The summed E-state index contributed by atoms with van der Waals surface area (Å²) in [4.78, 5) is 12.8. The number of ether oxygens (including phenoxy) is 3. The fourth-order valence-electron chi connectivity index (χ4n) is 6.42. The summed E-state index contributed by atoms with van der Waals surface area (Å²) < 4.78 is 17.7. The molecule has 0 aliphatic carbocycles. The number of rotatable bonds is 29. The lowest BCUT2D eigenvalue weighted by molar-refractivity contribution is 0.0626. The molecule has 50 heavy (non-hydrogen) atoms. The summed E-state index contributed by atoms with van der Waals surface area (Å²) in [6, 6.07) is 23.5. The number of carbonyl (C=O) groups excluding carboxylic acids is 1. The molecule has 0 N–H and O–H groups in total. The van der Waals surface area contributed by atoms with Gasteiger partial charge in [0.2, 0.25) is 0 Å². The van der Waals surface area contributed by atoms with Crippen LogP contribution in [0.5, 0.6) is 11.5 Å². The highest BCUT2D eigenvalue weighted by Gasteiger charge is 2.12. The van der Waals surface area contributed by atoms with Gasteiger partial charge in [-0.2, -0.15) is 0 Å². The van der Waals surface area contributed by atoms with Crippen molar-refractivity contribution in [1.29, 1.82) is 0 Å². The van der Waals surface area contributed by atoms with Crippen molar-refractivity contribution in [3.05, 3.63) is 83.9 Å². The monoisotopic (exact) mass is 685 g/mol. The normalized spacial score (nSPS) is 11.8. The zero-order chi connectivity index (χ0) is 35.5. The SMILES string of the molecule is CCCCCCCCCCCCCCCCOC(C)c1ccc(C(=O)Oc2ccc(-c3ccc(OCCCCCCCCC)cc3)cc2)cc1. The first-order chi connectivity index (χ1) is 24.6. The van der Waals surface area contributed by atoms with E-state index in [9.17, 15) is 4.79 Å². The van der Waals surface area contributed by atoms with E-state index in [2.05, 4.69) is 32.9 Å². The molecule has 4 heteroatoms. The summed E-state index contributed by atoms with van der Waals surface area (Å²) in [5, 5.41) is 0. The third-order valence-corrected chi connectivity index (χ3v) is 9.75. The van der Waals surface area contributed by atoms with Gasteiger partial charge in [0.1, 0.15) is 11.5 Å². The van der Waals surface area contributed by atoms with Crippen molar-refractivity contribution in [2.24, 2.45) is 0 Å². The highest BCUT2D eigenvalue weighted by Crippen LogP contribution is 2.26. The van der Waals surface area contributed by atoms with Crippen LogP contribution in [0.25, 0.3) is 11.1 Å². The molecule has 0 fully saturated rings. The first-order valence-corrected chi connectivity index (χ1v) is 20.4. The molecular weight excluding hydrogens is 617 g/mol. The molecule has 4 nitrogen and oxygen atoms in total. The van der Waals surface area contributed by atoms with Crippen molar-refractivity contribution in [3.8, 4) is 22.6 Å². The van der Waals surface area contributed by atoms with E-state index in [1.807, 2.05) is 60.7 Å². The molecule has 1 atom stereocenters. The van der Waals surface area contributed by atoms with Gasteiger partial charge in [-0.3, -0.25) is 0 Å². The molecule has 0 aliphatic heterocycles. The Balaban J connectivity index is 1.26. The maximum absolute atomic E-state index is 12.8. The topological polar surface area (TPSA) is 44.8 Å². The molecule has 3 aromatic carbocycles. The third-order valence-electron chi connectivity index (χ3n) is 9.75. The van der Waals surface area contributed by atoms with E-state index in [0.29, 0.717) is 11.3 Å². The summed E-state index contributed by atoms with van der Waals surface area (Å²) >= 11 is 0. The zero-order valence-corrected chi connectivity index (χ0v) is 31.9. The Morgan fingerprint density at radius 3 is 1.34 bits per heavy atom. The van der Waals surface area contributed by atoms with Crippen LogP contribution in [0.1, 0.15) is 178 Å². The second kappa shape index (κ2) is 26.7. The highest BCUT2D eigenvalue weighted by atomic mass is 16.5. The van der Waals surface area contributed by atoms with E-state index in [1.165, 1.54) is 122 Å². The first kappa shape index (κ1) is 41.3. The molecular formula is C46H68O4. The van der Waals surface area contributed by atoms with Crippen molar-refractivity contribution in [2.75, 3.05) is 13.2 Å². The number of unbranched alkanes of at least 4 members (excludes halogenated alkanes) is 19. The van der Waals surface area contributed by atoms with Crippen molar-refractivity contribution in [1.82, 2.24) is 0 Å². The quantitative estimate of drug-likeness (QED) is 0.0415. The van der Waals surface area contributed by atoms with Crippen molar-refractivity contribution >= 4 is 5.97 Å². The van der Waals surface area contributed by atoms with Gasteiger partial charge in [0.15, 0.2) is 0 Å². The fraction of sp³-hybridized carbons (Fsp3) is 0.587. The molecule has 0 saturated carbocycles. The Labute approximate surface area is 305 Å². The predicted molar refractivity (Wildman–Crippen MR) is 211 cm³/mol. The van der Waals surface area contributed by atoms with Gasteiger partial charge in [-0.25, -0.2) is 4.79 Å². The predicted octanol–water partition coefficient (Wildman–Crippen LogP) is 14.3. The van der Waals surface area contributed by atoms with Crippen LogP contribution in [0, 0.1) is 0 Å². The van der Waals surface area contributed by atoms with Gasteiger partial charge < -0.3 is 14.2 Å². The van der Waals surface area contributed by atoms with Crippen molar-refractivity contribution in [2.45, 2.75) is 162 Å². The Hall–Kier alpha value is -3.11. The van der Waals surface area contributed by atoms with Crippen LogP contribution in [0.2, 0.25) is 0 Å². The average Bonchev–Trinajstić information content (AvgIpc) is 3.15. The number of esters is 1. The molecule has 276 valence electrons. The molecule has 0 aliphatic rings. The number of benzene rings is 3. The van der Waals surface area contributed by atoms with E-state index in [-0.39, 0.29) is 12.1 Å². The molecule has 3 aromatic rings. The molecule has 1 unspecified atom stereocenters. The smallest absolute Gasteiger partial charge is 0.343 e. The van der Waals surface area contributed by atoms with E-state index < -0.39 is 0 Å². The van der Waals surface area contributed by atoms with Gasteiger partial charge >= 0.3 is 5.97 Å². The first-order valence-electron chi connectivity index (χ1n) is 20.4. The van der Waals surface area contributed by atoms with Crippen LogP contribution >= 0.6 is 0 Å². The largest absolute Gasteiger partial charge is 0.494 e. The van der Waals surface area contributed by atoms with Crippen molar-refractivity contribution < 1.29 is 19.0 Å². The summed E-state index contributed by atoms with van der Waals surface area (Å²) in [6.07, 6.45) is 28.0. The molecule has 0 bridgehead atoms. The fourth-order valence-corrected chi connectivity index (χ4v) is 6.42. The van der Waals surface area contributed by atoms with E-state index in [1.54, 1.807) is 0 Å². The number of hydrogen-bond donors (Lipinski definition) is 0. The average molecular weight is 685 g/mol. The Kier molecular flexibility index (Phi) is 22.0. The summed E-state index contributed by atoms with van der Waals surface area (Å²) in [6.45, 7) is 8.16. The summed E-state index contributed by atoms with van der Waals surface area (Å²) in [7, 11) is 0. The Bertz CT molecular complexity index is 1250. The molecule has 0 saturated heterocycles. The van der Waals surface area contributed by atoms with Gasteiger partial charge in [0.05, 0.1) is 18.3 Å². The van der Waals surface area contributed by atoms with Crippen LogP contribution in [-0.2, 0) is 4.74 Å². The lowest BCUT2D eigenvalue weighted by atomic mass is 10.0. The molecule has 0 amide bonds. The minimum absolute atomic E-state index is 0.000298. The van der Waals surface area contributed by atoms with Crippen LogP contribution in [0.15, 0.2) is 72.8 Å². The minimum Gasteiger partial charge on any atom is -0.494 e. The minimum atomic E-state index is -0.359. The van der Waals surface area contributed by atoms with Crippen LogP contribution in [-0.4, -0.2) is 19.2 Å². The second-order valence-corrected chi connectivity index (χ2v) is 14.1. The van der Waals surface area contributed by atoms with Gasteiger partial charge in [0, 0.05) is 6.61 Å². The standard InChI is InChI=1S/C46H68O4/c1-4-6-8-10-12-13-14-15-16-17-18-20-21-23-37-48-39(3)40-25-27-43(28-26-40)46(47)50-45-35-31-42(32-36-45)41-29-33-44(34-30-41)49-38-24-22-19-11-9-7-5-2/h25-36,39H,4-24,37-38H2,1-3H3. The van der Waals surface area contributed by atoms with Crippen LogP contribution < -0.4 is 9.47 Å². The van der Waals surface area contributed by atoms with Gasteiger partial charge in [-0.15, -0.1) is 0 Å². The third kappa shape index (κ3) is 17.7. The van der Waals surface area contributed by atoms with E-state index in [0.717, 1.165) is 48.5 Å². The Morgan fingerprint density at radius 2 is 0.880 bits per heavy atom. The van der Waals surface area contributed by atoms with Crippen LogP contribution in [0.4, 0.5) is 0 Å². The van der Waals surface area contributed by atoms with E-state index in [4.69, 9.17) is 14.2 Å². The number of hydrogen-bond acceptors (Lipinski definition) is 4. The van der Waals surface area contributed by atoms with Gasteiger partial charge in [-0.1, -0.05) is 172 Å². The molecule has 0 aromatic heterocycles. The van der Waals surface area contributed by atoms with E-state index >= 15 is 0 Å². The highest BCUT2D eigenvalue weighted by molar-refractivity contribution is 5.91. The zero-order valence-electron chi connectivity index (χ0n) is 31.9. The van der Waals surface area contributed by atoms with Crippen molar-refractivity contribution in [3.63, 3.8) is 0 Å². The lowest BCUT2D eigenvalue weighted by Crippen LogP contribution is -2.09. The Morgan fingerprint density at radius 1 is 0.480 bits per heavy atom.